The molecule has 0 amide bonds. The Morgan fingerprint density at radius 2 is 0.786 bits per heavy atom. The molecule has 0 unspecified atom stereocenters. The largest absolute Gasteiger partial charge is 0.309 e. The SMILES string of the molecule is c1ccc(-c2nc(-c3ccccc3)nc(-c3ccc(-n4c5ccccc5c5ccc(-n6c7ccccc7c7ccccc76)cc54)cc3-c3ccccn3)n2)cc1. The quantitative estimate of drug-likeness (QED) is 0.172. The Bertz CT molecular complexity index is 3130. The molecule has 0 saturated carbocycles. The molecule has 262 valence electrons. The second-order valence-electron chi connectivity index (χ2n) is 13.9. The fourth-order valence-corrected chi connectivity index (χ4v) is 8.11. The maximum atomic E-state index is 5.11. The molecular formula is C50H32N6. The normalized spacial score (nSPS) is 11.6. The minimum Gasteiger partial charge on any atom is -0.309 e. The molecule has 0 spiro atoms. The van der Waals surface area contributed by atoms with E-state index in [2.05, 4.69) is 118 Å². The van der Waals surface area contributed by atoms with Crippen LogP contribution in [-0.4, -0.2) is 29.1 Å². The molecule has 0 aliphatic carbocycles. The highest BCUT2D eigenvalue weighted by Gasteiger charge is 2.20. The third-order valence-electron chi connectivity index (χ3n) is 10.6. The van der Waals surface area contributed by atoms with Gasteiger partial charge < -0.3 is 9.13 Å². The van der Waals surface area contributed by atoms with Gasteiger partial charge in [0.25, 0.3) is 0 Å². The summed E-state index contributed by atoms with van der Waals surface area (Å²) in [6, 6.07) is 65.5. The van der Waals surface area contributed by atoms with Gasteiger partial charge >= 0.3 is 0 Å². The first-order valence-corrected chi connectivity index (χ1v) is 18.7. The predicted molar refractivity (Wildman–Crippen MR) is 228 cm³/mol. The standard InChI is InChI=1S/C50H32N6/c1-3-15-33(16-4-1)48-52-49(34-17-5-2-6-18-34)54-50(53-48)41-29-27-35(31-42(41)43-22-13-14-30-51-43)56-46-25-12-9-21-39(46)40-28-26-36(32-47(40)56)55-44-23-10-7-19-37(44)38-20-8-11-24-45(38)55/h1-32H. The number of para-hydroxylation sites is 3. The second-order valence-corrected chi connectivity index (χ2v) is 13.9. The van der Waals surface area contributed by atoms with E-state index in [1.165, 1.54) is 32.6 Å². The average Bonchev–Trinajstić information content (AvgIpc) is 3.79. The van der Waals surface area contributed by atoms with Crippen LogP contribution in [0.5, 0.6) is 0 Å². The first kappa shape index (κ1) is 31.8. The number of pyridine rings is 1. The molecule has 6 heteroatoms. The van der Waals surface area contributed by atoms with E-state index in [9.17, 15) is 0 Å². The Morgan fingerprint density at radius 1 is 0.321 bits per heavy atom. The van der Waals surface area contributed by atoms with Crippen molar-refractivity contribution in [3.63, 3.8) is 0 Å². The van der Waals surface area contributed by atoms with Crippen LogP contribution in [-0.2, 0) is 0 Å². The van der Waals surface area contributed by atoms with Gasteiger partial charge in [0.05, 0.1) is 27.8 Å². The molecule has 7 aromatic carbocycles. The van der Waals surface area contributed by atoms with Gasteiger partial charge in [-0.3, -0.25) is 4.98 Å². The number of rotatable bonds is 6. The average molecular weight is 717 g/mol. The Labute approximate surface area is 322 Å². The Morgan fingerprint density at radius 3 is 1.36 bits per heavy atom. The lowest BCUT2D eigenvalue weighted by Gasteiger charge is -2.15. The van der Waals surface area contributed by atoms with Crippen LogP contribution in [0.2, 0.25) is 0 Å². The molecule has 0 saturated heterocycles. The van der Waals surface area contributed by atoms with Crippen molar-refractivity contribution in [2.24, 2.45) is 0 Å². The van der Waals surface area contributed by atoms with Crippen LogP contribution in [0.4, 0.5) is 0 Å². The van der Waals surface area contributed by atoms with E-state index in [-0.39, 0.29) is 0 Å². The number of nitrogens with zero attached hydrogens (tertiary/aromatic N) is 6. The molecule has 56 heavy (non-hydrogen) atoms. The number of fused-ring (bicyclic) bond motifs is 6. The summed E-state index contributed by atoms with van der Waals surface area (Å²) in [6.45, 7) is 0. The van der Waals surface area contributed by atoms with Crippen molar-refractivity contribution < 1.29 is 0 Å². The summed E-state index contributed by atoms with van der Waals surface area (Å²) in [7, 11) is 0. The lowest BCUT2D eigenvalue weighted by Crippen LogP contribution is -2.02. The van der Waals surface area contributed by atoms with E-state index < -0.39 is 0 Å². The van der Waals surface area contributed by atoms with E-state index in [4.69, 9.17) is 19.9 Å². The highest BCUT2D eigenvalue weighted by atomic mass is 15.0. The molecule has 0 aliphatic rings. The van der Waals surface area contributed by atoms with Gasteiger partial charge in [0.2, 0.25) is 0 Å². The lowest BCUT2D eigenvalue weighted by molar-refractivity contribution is 1.07. The van der Waals surface area contributed by atoms with Crippen LogP contribution >= 0.6 is 0 Å². The Balaban J connectivity index is 1.16. The third kappa shape index (κ3) is 5.19. The summed E-state index contributed by atoms with van der Waals surface area (Å²) in [5, 5.41) is 4.86. The second kappa shape index (κ2) is 13.0. The van der Waals surface area contributed by atoms with Crippen LogP contribution in [0.1, 0.15) is 0 Å². The molecule has 4 heterocycles. The molecule has 11 aromatic rings. The Hall–Kier alpha value is -7.70. The van der Waals surface area contributed by atoms with E-state index in [0.717, 1.165) is 50.4 Å². The number of benzene rings is 7. The molecule has 0 radical (unpaired) electrons. The van der Waals surface area contributed by atoms with Gasteiger partial charge in [0, 0.05) is 61.4 Å². The molecule has 0 fully saturated rings. The summed E-state index contributed by atoms with van der Waals surface area (Å²) >= 11 is 0. The van der Waals surface area contributed by atoms with Crippen LogP contribution < -0.4 is 0 Å². The van der Waals surface area contributed by atoms with Crippen LogP contribution in [0, 0.1) is 0 Å². The fourth-order valence-electron chi connectivity index (χ4n) is 8.11. The monoisotopic (exact) mass is 716 g/mol. The maximum Gasteiger partial charge on any atom is 0.164 e. The van der Waals surface area contributed by atoms with Gasteiger partial charge in [-0.15, -0.1) is 0 Å². The third-order valence-corrected chi connectivity index (χ3v) is 10.6. The lowest BCUT2D eigenvalue weighted by atomic mass is 10.0. The van der Waals surface area contributed by atoms with Gasteiger partial charge in [0.15, 0.2) is 17.5 Å². The summed E-state index contributed by atoms with van der Waals surface area (Å²) < 4.78 is 4.75. The van der Waals surface area contributed by atoms with Crippen molar-refractivity contribution in [3.05, 3.63) is 194 Å². The number of hydrogen-bond donors (Lipinski definition) is 0. The molecule has 11 rings (SSSR count). The Kier molecular flexibility index (Phi) is 7.38. The zero-order chi connectivity index (χ0) is 37.0. The summed E-state index contributed by atoms with van der Waals surface area (Å²) in [4.78, 5) is 20.0. The van der Waals surface area contributed by atoms with Crippen molar-refractivity contribution in [2.75, 3.05) is 0 Å². The fraction of sp³-hybridized carbons (Fsp3) is 0. The highest BCUT2D eigenvalue weighted by molar-refractivity contribution is 6.12. The van der Waals surface area contributed by atoms with Crippen LogP contribution in [0.15, 0.2) is 194 Å². The number of aromatic nitrogens is 6. The van der Waals surface area contributed by atoms with Crippen molar-refractivity contribution in [1.29, 1.82) is 0 Å². The molecule has 4 aromatic heterocycles. The van der Waals surface area contributed by atoms with Crippen LogP contribution in [0.25, 0.3) is 100 Å². The van der Waals surface area contributed by atoms with Gasteiger partial charge in [-0.2, -0.15) is 0 Å². The molecule has 6 nitrogen and oxygen atoms in total. The molecule has 0 bridgehead atoms. The molecule has 0 aliphatic heterocycles. The van der Waals surface area contributed by atoms with E-state index >= 15 is 0 Å². The first-order chi connectivity index (χ1) is 27.8. The summed E-state index contributed by atoms with van der Waals surface area (Å²) in [5.74, 6) is 1.82. The van der Waals surface area contributed by atoms with E-state index in [1.807, 2.05) is 85.1 Å². The van der Waals surface area contributed by atoms with Gasteiger partial charge in [0.1, 0.15) is 0 Å². The maximum absolute atomic E-state index is 5.11. The summed E-state index contributed by atoms with van der Waals surface area (Å²) in [5.41, 5.74) is 11.2. The van der Waals surface area contributed by atoms with E-state index in [0.29, 0.717) is 17.5 Å². The van der Waals surface area contributed by atoms with Crippen molar-refractivity contribution in [3.8, 4) is 56.8 Å². The van der Waals surface area contributed by atoms with Crippen molar-refractivity contribution in [1.82, 2.24) is 29.1 Å². The van der Waals surface area contributed by atoms with Crippen LogP contribution in [0.3, 0.4) is 0 Å². The molecule has 0 N–H and O–H groups in total. The molecule has 0 atom stereocenters. The van der Waals surface area contributed by atoms with Gasteiger partial charge in [-0.25, -0.2) is 15.0 Å². The van der Waals surface area contributed by atoms with Crippen molar-refractivity contribution >= 4 is 43.6 Å². The highest BCUT2D eigenvalue weighted by Crippen LogP contribution is 2.39. The smallest absolute Gasteiger partial charge is 0.164 e. The minimum atomic E-state index is 0.584. The summed E-state index contributed by atoms with van der Waals surface area (Å²) in [6.07, 6.45) is 1.84. The molecular weight excluding hydrogens is 685 g/mol. The zero-order valence-electron chi connectivity index (χ0n) is 30.2. The van der Waals surface area contributed by atoms with E-state index in [1.54, 1.807) is 0 Å². The zero-order valence-corrected chi connectivity index (χ0v) is 30.2. The number of hydrogen-bond acceptors (Lipinski definition) is 4. The predicted octanol–water partition coefficient (Wildman–Crippen LogP) is 12.1. The van der Waals surface area contributed by atoms with Gasteiger partial charge in [-0.05, 0) is 60.7 Å². The first-order valence-electron chi connectivity index (χ1n) is 18.7. The minimum absolute atomic E-state index is 0.584. The topological polar surface area (TPSA) is 61.4 Å². The van der Waals surface area contributed by atoms with Crippen molar-refractivity contribution in [2.45, 2.75) is 0 Å². The van der Waals surface area contributed by atoms with Gasteiger partial charge in [-0.1, -0.05) is 127 Å².